The van der Waals surface area contributed by atoms with Crippen molar-refractivity contribution in [3.63, 3.8) is 0 Å². The van der Waals surface area contributed by atoms with Gasteiger partial charge in [0.2, 0.25) is 5.91 Å². The largest absolute Gasteiger partial charge is 0.464 e. The molecule has 0 heterocycles. The summed E-state index contributed by atoms with van der Waals surface area (Å²) < 4.78 is 10.5. The smallest absolute Gasteiger partial charge is 0.305 e. The summed E-state index contributed by atoms with van der Waals surface area (Å²) in [6.45, 7) is 13.2. The van der Waals surface area contributed by atoms with E-state index in [0.29, 0.717) is 12.8 Å². The van der Waals surface area contributed by atoms with Gasteiger partial charge in [0.1, 0.15) is 13.2 Å². The van der Waals surface area contributed by atoms with Crippen LogP contribution in [0.5, 0.6) is 0 Å². The number of carbonyl (C=O) groups is 3. The molecule has 0 aromatic carbocycles. The van der Waals surface area contributed by atoms with Crippen LogP contribution in [-0.4, -0.2) is 49.0 Å². The van der Waals surface area contributed by atoms with Crippen molar-refractivity contribution in [1.82, 2.24) is 4.90 Å². The molecule has 0 aliphatic rings. The normalized spacial score (nSPS) is 11.0. The molecule has 0 spiro atoms. The Labute approximate surface area is 202 Å². The van der Waals surface area contributed by atoms with Crippen LogP contribution >= 0.6 is 0 Å². The lowest BCUT2D eigenvalue weighted by Crippen LogP contribution is -2.36. The fourth-order valence-corrected chi connectivity index (χ4v) is 3.50. The molecule has 1 amide bonds. The van der Waals surface area contributed by atoms with E-state index in [0.717, 1.165) is 50.4 Å². The van der Waals surface area contributed by atoms with E-state index in [1.807, 2.05) is 0 Å². The maximum Gasteiger partial charge on any atom is 0.305 e. The van der Waals surface area contributed by atoms with Crippen molar-refractivity contribution in [3.8, 4) is 0 Å². The zero-order chi connectivity index (χ0) is 24.9. The van der Waals surface area contributed by atoms with E-state index in [4.69, 9.17) is 9.47 Å². The molecule has 0 rings (SSSR count). The van der Waals surface area contributed by atoms with Crippen molar-refractivity contribution in [3.05, 3.63) is 12.7 Å². The zero-order valence-electron chi connectivity index (χ0n) is 21.7. The van der Waals surface area contributed by atoms with Crippen LogP contribution in [0.3, 0.4) is 0 Å². The minimum atomic E-state index is -0.266. The highest BCUT2D eigenvalue weighted by atomic mass is 16.5. The van der Waals surface area contributed by atoms with Crippen LogP contribution in [0.1, 0.15) is 105 Å². The first kappa shape index (κ1) is 31.1. The van der Waals surface area contributed by atoms with E-state index in [-0.39, 0.29) is 44.1 Å². The van der Waals surface area contributed by atoms with Crippen LogP contribution in [-0.2, 0) is 23.9 Å². The zero-order valence-corrected chi connectivity index (χ0v) is 21.7. The first-order valence-corrected chi connectivity index (χ1v) is 13.0. The van der Waals surface area contributed by atoms with Crippen LogP contribution < -0.4 is 0 Å². The van der Waals surface area contributed by atoms with Gasteiger partial charge in [-0.25, -0.2) is 0 Å². The third-order valence-electron chi connectivity index (χ3n) is 5.56. The van der Waals surface area contributed by atoms with Gasteiger partial charge in [0.15, 0.2) is 0 Å². The number of amides is 1. The molecule has 0 fully saturated rings. The second-order valence-electron chi connectivity index (χ2n) is 9.66. The molecule has 0 N–H and O–H groups in total. The van der Waals surface area contributed by atoms with Gasteiger partial charge in [0.25, 0.3) is 0 Å². The molecule has 0 aliphatic carbocycles. The standard InChI is InChI=1S/C27H49NO5/c1-6-25(29)28(19-21-32-26(30)17-13-9-7-11-15-23(2)3)20-22-33-27(31)18-14-10-8-12-16-24(4)5/h6,23-24H,1,7-22H2,2-5H3. The second kappa shape index (κ2) is 20.7. The van der Waals surface area contributed by atoms with Gasteiger partial charge < -0.3 is 14.4 Å². The summed E-state index contributed by atoms with van der Waals surface area (Å²) in [6, 6.07) is 0. The molecule has 0 atom stereocenters. The highest BCUT2D eigenvalue weighted by Crippen LogP contribution is 2.12. The molecule has 0 aromatic rings. The quantitative estimate of drug-likeness (QED) is 0.116. The molecule has 0 aromatic heterocycles. The van der Waals surface area contributed by atoms with Crippen LogP contribution in [0.25, 0.3) is 0 Å². The fraction of sp³-hybridized carbons (Fsp3) is 0.815. The minimum Gasteiger partial charge on any atom is -0.464 e. The lowest BCUT2D eigenvalue weighted by molar-refractivity contribution is -0.146. The summed E-state index contributed by atoms with van der Waals surface area (Å²) in [7, 11) is 0. The number of nitrogens with zero attached hydrogens (tertiary/aromatic N) is 1. The van der Waals surface area contributed by atoms with Gasteiger partial charge in [-0.1, -0.05) is 85.6 Å². The highest BCUT2D eigenvalue weighted by Gasteiger charge is 2.13. The topological polar surface area (TPSA) is 72.9 Å². The number of carbonyl (C=O) groups excluding carboxylic acids is 3. The number of ether oxygens (including phenoxy) is 2. The van der Waals surface area contributed by atoms with E-state index in [1.54, 1.807) is 0 Å². The van der Waals surface area contributed by atoms with Crippen molar-refractivity contribution in [2.75, 3.05) is 26.3 Å². The van der Waals surface area contributed by atoms with Crippen LogP contribution in [0.2, 0.25) is 0 Å². The minimum absolute atomic E-state index is 0.135. The molecular weight excluding hydrogens is 418 g/mol. The molecule has 0 unspecified atom stereocenters. The van der Waals surface area contributed by atoms with Crippen LogP contribution in [0.4, 0.5) is 0 Å². The summed E-state index contributed by atoms with van der Waals surface area (Å²) in [5, 5.41) is 0. The van der Waals surface area contributed by atoms with Gasteiger partial charge in [0, 0.05) is 12.8 Å². The van der Waals surface area contributed by atoms with Crippen molar-refractivity contribution < 1.29 is 23.9 Å². The number of rotatable bonds is 21. The second-order valence-corrected chi connectivity index (χ2v) is 9.66. The Hall–Kier alpha value is -1.85. The number of esters is 2. The molecule has 192 valence electrons. The SMILES string of the molecule is C=CC(=O)N(CCOC(=O)CCCCCCC(C)C)CCOC(=O)CCCCCCC(C)C. The van der Waals surface area contributed by atoms with Crippen LogP contribution in [0, 0.1) is 11.8 Å². The maximum atomic E-state index is 12.0. The Bertz CT molecular complexity index is 507. The molecule has 0 saturated heterocycles. The average Bonchev–Trinajstić information content (AvgIpc) is 2.76. The molecule has 33 heavy (non-hydrogen) atoms. The van der Waals surface area contributed by atoms with E-state index in [1.165, 1.54) is 36.7 Å². The molecule has 0 saturated carbocycles. The average molecular weight is 468 g/mol. The molecule has 0 aliphatic heterocycles. The van der Waals surface area contributed by atoms with E-state index < -0.39 is 0 Å². The predicted molar refractivity (Wildman–Crippen MR) is 134 cm³/mol. The summed E-state index contributed by atoms with van der Waals surface area (Å²) in [6.07, 6.45) is 12.9. The highest BCUT2D eigenvalue weighted by molar-refractivity contribution is 5.87. The summed E-state index contributed by atoms with van der Waals surface area (Å²) >= 11 is 0. The lowest BCUT2D eigenvalue weighted by Gasteiger charge is -2.21. The monoisotopic (exact) mass is 467 g/mol. The lowest BCUT2D eigenvalue weighted by atomic mass is 10.0. The predicted octanol–water partition coefficient (Wildman–Crippen LogP) is 6.08. The first-order chi connectivity index (χ1) is 15.8. The number of hydrogen-bond donors (Lipinski definition) is 0. The van der Waals surface area contributed by atoms with E-state index in [9.17, 15) is 14.4 Å². The van der Waals surface area contributed by atoms with E-state index in [2.05, 4.69) is 34.3 Å². The van der Waals surface area contributed by atoms with Gasteiger partial charge in [-0.15, -0.1) is 0 Å². The van der Waals surface area contributed by atoms with Gasteiger partial charge in [-0.3, -0.25) is 14.4 Å². The van der Waals surface area contributed by atoms with E-state index >= 15 is 0 Å². The fourth-order valence-electron chi connectivity index (χ4n) is 3.50. The van der Waals surface area contributed by atoms with Gasteiger partial charge >= 0.3 is 11.9 Å². The molecule has 6 nitrogen and oxygen atoms in total. The summed E-state index contributed by atoms with van der Waals surface area (Å²) in [4.78, 5) is 37.3. The van der Waals surface area contributed by atoms with Crippen molar-refractivity contribution in [1.29, 1.82) is 0 Å². The number of unbranched alkanes of at least 4 members (excludes halogenated alkanes) is 6. The number of hydrogen-bond acceptors (Lipinski definition) is 5. The Morgan fingerprint density at radius 2 is 1.09 bits per heavy atom. The Morgan fingerprint density at radius 3 is 1.45 bits per heavy atom. The van der Waals surface area contributed by atoms with Crippen molar-refractivity contribution >= 4 is 17.8 Å². The van der Waals surface area contributed by atoms with Crippen molar-refractivity contribution in [2.24, 2.45) is 11.8 Å². The summed E-state index contributed by atoms with van der Waals surface area (Å²) in [5.74, 6) is 0.722. The van der Waals surface area contributed by atoms with Crippen LogP contribution in [0.15, 0.2) is 12.7 Å². The molecular formula is C27H49NO5. The third-order valence-corrected chi connectivity index (χ3v) is 5.56. The molecule has 0 radical (unpaired) electrons. The Kier molecular flexibility index (Phi) is 19.6. The van der Waals surface area contributed by atoms with Gasteiger partial charge in [-0.2, -0.15) is 0 Å². The van der Waals surface area contributed by atoms with Gasteiger partial charge in [0.05, 0.1) is 13.1 Å². The third kappa shape index (κ3) is 20.5. The van der Waals surface area contributed by atoms with Gasteiger partial charge in [-0.05, 0) is 30.8 Å². The maximum absolute atomic E-state index is 12.0. The summed E-state index contributed by atoms with van der Waals surface area (Å²) in [5.41, 5.74) is 0. The molecule has 0 bridgehead atoms. The van der Waals surface area contributed by atoms with Crippen molar-refractivity contribution in [2.45, 2.75) is 105 Å². The molecule has 6 heteroatoms. The Morgan fingerprint density at radius 1 is 0.697 bits per heavy atom. The first-order valence-electron chi connectivity index (χ1n) is 13.0. The Balaban J connectivity index is 3.94.